The van der Waals surface area contributed by atoms with Gasteiger partial charge in [-0.2, -0.15) is 0 Å². The van der Waals surface area contributed by atoms with Gasteiger partial charge < -0.3 is 20.5 Å². The highest BCUT2D eigenvalue weighted by Crippen LogP contribution is 2.33. The molecule has 1 heterocycles. The zero-order valence-corrected chi connectivity index (χ0v) is 16.3. The van der Waals surface area contributed by atoms with Crippen LogP contribution >= 0.6 is 11.8 Å². The predicted molar refractivity (Wildman–Crippen MR) is 106 cm³/mol. The molecule has 0 aliphatic carbocycles. The number of anilines is 1. The second-order valence-corrected chi connectivity index (χ2v) is 7.61. The van der Waals surface area contributed by atoms with E-state index in [1.54, 1.807) is 18.2 Å². The van der Waals surface area contributed by atoms with Crippen molar-refractivity contribution in [3.05, 3.63) is 65.2 Å². The number of carbonyl (C=O) groups is 4. The number of hydrogen-bond acceptors (Lipinski definition) is 7. The predicted octanol–water partition coefficient (Wildman–Crippen LogP) is 0.872. The van der Waals surface area contributed by atoms with E-state index in [1.807, 2.05) is 19.1 Å². The Hall–Kier alpha value is -3.33. The zero-order valence-electron chi connectivity index (χ0n) is 15.5. The minimum atomic E-state index is -1.34. The van der Waals surface area contributed by atoms with Crippen LogP contribution in [-0.4, -0.2) is 39.8 Å². The molecule has 3 amide bonds. The van der Waals surface area contributed by atoms with Gasteiger partial charge in [0.1, 0.15) is 0 Å². The number of thioether (sulfide) groups is 1. The lowest BCUT2D eigenvalue weighted by Crippen LogP contribution is -2.45. The van der Waals surface area contributed by atoms with Gasteiger partial charge in [-0.1, -0.05) is 35.9 Å². The molecule has 1 aliphatic rings. The van der Waals surface area contributed by atoms with Crippen molar-refractivity contribution in [2.75, 3.05) is 11.4 Å². The largest absolute Gasteiger partial charge is 0.545 e. The first kappa shape index (κ1) is 20.4. The minimum Gasteiger partial charge on any atom is -0.545 e. The Morgan fingerprint density at radius 3 is 2.48 bits per heavy atom. The molecule has 0 bridgehead atoms. The van der Waals surface area contributed by atoms with Crippen LogP contribution in [0.25, 0.3) is 0 Å². The molecule has 1 fully saturated rings. The van der Waals surface area contributed by atoms with Crippen molar-refractivity contribution in [1.82, 2.24) is 4.90 Å². The van der Waals surface area contributed by atoms with E-state index >= 15 is 0 Å². The number of hydrogen-bond donors (Lipinski definition) is 1. The number of carboxylic acids is 1. The molecule has 0 aromatic heterocycles. The van der Waals surface area contributed by atoms with Crippen molar-refractivity contribution in [3.63, 3.8) is 0 Å². The molecule has 0 saturated carbocycles. The second kappa shape index (κ2) is 8.36. The highest BCUT2D eigenvalue weighted by atomic mass is 32.2. The summed E-state index contributed by atoms with van der Waals surface area (Å²) < 4.78 is 0. The van der Waals surface area contributed by atoms with Crippen molar-refractivity contribution in [2.24, 2.45) is 5.73 Å². The van der Waals surface area contributed by atoms with Crippen molar-refractivity contribution >= 4 is 40.5 Å². The summed E-state index contributed by atoms with van der Waals surface area (Å²) in [5.41, 5.74) is 7.38. The summed E-state index contributed by atoms with van der Waals surface area (Å²) in [5, 5.41) is 9.60. The van der Waals surface area contributed by atoms with Crippen LogP contribution in [0.4, 0.5) is 10.5 Å². The summed E-state index contributed by atoms with van der Waals surface area (Å²) in [6.45, 7) is 1.60. The second-order valence-electron chi connectivity index (χ2n) is 6.58. The molecule has 0 radical (unpaired) electrons. The number of imide groups is 1. The molecule has 2 N–H and O–H groups in total. The monoisotopic (exact) mass is 412 g/mol. The smallest absolute Gasteiger partial charge is 0.291 e. The van der Waals surface area contributed by atoms with Crippen LogP contribution in [0.3, 0.4) is 0 Å². The molecular formula is C20H18N3O5S-. The first-order chi connectivity index (χ1) is 13.8. The third-order valence-corrected chi connectivity index (χ3v) is 5.49. The summed E-state index contributed by atoms with van der Waals surface area (Å²) in [7, 11) is 0. The van der Waals surface area contributed by atoms with Crippen LogP contribution in [0, 0.1) is 6.92 Å². The highest BCUT2D eigenvalue weighted by Gasteiger charge is 2.43. The van der Waals surface area contributed by atoms with E-state index in [-0.39, 0.29) is 18.7 Å². The maximum atomic E-state index is 13.0. The fourth-order valence-electron chi connectivity index (χ4n) is 2.97. The number of aromatic carboxylic acids is 1. The fourth-order valence-corrected chi connectivity index (χ4v) is 3.99. The minimum absolute atomic E-state index is 0.0409. The summed E-state index contributed by atoms with van der Waals surface area (Å²) >= 11 is 0.788. The van der Waals surface area contributed by atoms with Gasteiger partial charge in [-0.3, -0.25) is 19.3 Å². The molecule has 8 nitrogen and oxygen atoms in total. The molecule has 1 unspecified atom stereocenters. The molecule has 1 atom stereocenters. The topological polar surface area (TPSA) is 124 Å². The van der Waals surface area contributed by atoms with Gasteiger partial charge in [-0.25, -0.2) is 0 Å². The van der Waals surface area contributed by atoms with E-state index in [9.17, 15) is 24.3 Å². The van der Waals surface area contributed by atoms with E-state index < -0.39 is 28.4 Å². The SMILES string of the molecule is Cc1ccc(N(CC(N)=O)C2SC(=O)N(Cc3cccc(C(=O)[O-])c3)C2=O)cc1. The lowest BCUT2D eigenvalue weighted by molar-refractivity contribution is -0.255. The number of nitrogens with two attached hydrogens (primary N) is 1. The Kier molecular flexibility index (Phi) is 5.88. The van der Waals surface area contributed by atoms with E-state index in [4.69, 9.17) is 5.73 Å². The Morgan fingerprint density at radius 2 is 1.86 bits per heavy atom. The molecule has 29 heavy (non-hydrogen) atoms. The Morgan fingerprint density at radius 1 is 1.17 bits per heavy atom. The molecule has 1 aliphatic heterocycles. The molecule has 2 aromatic rings. The number of carboxylic acid groups (broad SMARTS) is 1. The molecule has 2 aromatic carbocycles. The van der Waals surface area contributed by atoms with E-state index in [0.717, 1.165) is 22.2 Å². The highest BCUT2D eigenvalue weighted by molar-refractivity contribution is 8.15. The van der Waals surface area contributed by atoms with Gasteiger partial charge >= 0.3 is 0 Å². The third-order valence-electron chi connectivity index (χ3n) is 4.39. The summed E-state index contributed by atoms with van der Waals surface area (Å²) in [6, 6.07) is 13.0. The van der Waals surface area contributed by atoms with Crippen LogP contribution in [-0.2, 0) is 16.1 Å². The van der Waals surface area contributed by atoms with Crippen LogP contribution in [0.15, 0.2) is 48.5 Å². The maximum Gasteiger partial charge on any atom is 0.291 e. The van der Waals surface area contributed by atoms with Crippen molar-refractivity contribution in [2.45, 2.75) is 18.8 Å². The Labute approximate surface area is 171 Å². The lowest BCUT2D eigenvalue weighted by Gasteiger charge is -2.27. The van der Waals surface area contributed by atoms with Gasteiger partial charge in [0.05, 0.1) is 19.1 Å². The Bertz CT molecular complexity index is 976. The lowest BCUT2D eigenvalue weighted by atomic mass is 10.1. The Balaban J connectivity index is 1.85. The summed E-state index contributed by atoms with van der Waals surface area (Å²) in [4.78, 5) is 50.6. The van der Waals surface area contributed by atoms with Gasteiger partial charge in [0.2, 0.25) is 5.91 Å². The summed E-state index contributed by atoms with van der Waals surface area (Å²) in [5.74, 6) is -2.47. The number of aryl methyl sites for hydroxylation is 1. The molecule has 150 valence electrons. The normalized spacial score (nSPS) is 16.2. The molecular weight excluding hydrogens is 394 g/mol. The van der Waals surface area contributed by atoms with E-state index in [0.29, 0.717) is 11.3 Å². The van der Waals surface area contributed by atoms with Crippen LogP contribution in [0.2, 0.25) is 0 Å². The number of carbonyl (C=O) groups excluding carboxylic acids is 4. The standard InChI is InChI=1S/C20H19N3O5S/c1-12-5-7-15(8-6-12)22(11-16(21)24)18-17(25)23(20(28)29-18)10-13-3-2-4-14(9-13)19(26)27/h2-9,18H,10-11H2,1H3,(H2,21,24)(H,26,27)/p-1. The van der Waals surface area contributed by atoms with E-state index in [1.165, 1.54) is 23.1 Å². The maximum absolute atomic E-state index is 13.0. The zero-order chi connectivity index (χ0) is 21.1. The van der Waals surface area contributed by atoms with Gasteiger partial charge in [0.25, 0.3) is 11.1 Å². The number of primary amides is 1. The van der Waals surface area contributed by atoms with Crippen molar-refractivity contribution < 1.29 is 24.3 Å². The van der Waals surface area contributed by atoms with Gasteiger partial charge in [-0.15, -0.1) is 0 Å². The van der Waals surface area contributed by atoms with Crippen molar-refractivity contribution in [1.29, 1.82) is 0 Å². The van der Waals surface area contributed by atoms with Gasteiger partial charge in [-0.05, 0) is 48.0 Å². The summed E-state index contributed by atoms with van der Waals surface area (Å²) in [6.07, 6.45) is 0. The molecule has 1 saturated heterocycles. The van der Waals surface area contributed by atoms with E-state index in [2.05, 4.69) is 0 Å². The molecule has 9 heteroatoms. The van der Waals surface area contributed by atoms with Gasteiger partial charge in [0.15, 0.2) is 5.37 Å². The first-order valence-corrected chi connectivity index (χ1v) is 9.58. The molecule has 3 rings (SSSR count). The molecule has 0 spiro atoms. The quantitative estimate of drug-likeness (QED) is 0.716. The third kappa shape index (κ3) is 4.57. The van der Waals surface area contributed by atoms with Gasteiger partial charge in [0, 0.05) is 5.69 Å². The van der Waals surface area contributed by atoms with Crippen LogP contribution in [0.1, 0.15) is 21.5 Å². The number of benzene rings is 2. The van der Waals surface area contributed by atoms with Crippen LogP contribution < -0.4 is 15.7 Å². The van der Waals surface area contributed by atoms with Crippen molar-refractivity contribution in [3.8, 4) is 0 Å². The average molecular weight is 412 g/mol. The average Bonchev–Trinajstić information content (AvgIpc) is 2.95. The number of amides is 3. The number of rotatable bonds is 7. The number of nitrogens with zero attached hydrogens (tertiary/aromatic N) is 2. The fraction of sp³-hybridized carbons (Fsp3) is 0.200. The van der Waals surface area contributed by atoms with Crippen LogP contribution in [0.5, 0.6) is 0 Å². The first-order valence-electron chi connectivity index (χ1n) is 8.70.